The fourth-order valence-corrected chi connectivity index (χ4v) is 4.96. The zero-order valence-electron chi connectivity index (χ0n) is 19.8. The molecule has 3 aromatic rings. The van der Waals surface area contributed by atoms with E-state index in [1.54, 1.807) is 6.20 Å². The van der Waals surface area contributed by atoms with Gasteiger partial charge in [0, 0.05) is 61.7 Å². The third kappa shape index (κ3) is 5.28. The van der Waals surface area contributed by atoms with Gasteiger partial charge < -0.3 is 14.5 Å². The topological polar surface area (TPSA) is 58.6 Å². The van der Waals surface area contributed by atoms with Crippen molar-refractivity contribution < 1.29 is 9.53 Å². The molecule has 1 atom stereocenters. The molecule has 2 fully saturated rings. The van der Waals surface area contributed by atoms with Crippen LogP contribution in [0.25, 0.3) is 0 Å². The molecule has 0 spiro atoms. The number of piperidine rings is 1. The lowest BCUT2D eigenvalue weighted by Crippen LogP contribution is -2.40. The molecular weight excluding hydrogens is 424 g/mol. The summed E-state index contributed by atoms with van der Waals surface area (Å²) < 4.78 is 5.44. The van der Waals surface area contributed by atoms with Gasteiger partial charge in [0.05, 0.1) is 13.2 Å². The molecule has 1 amide bonds. The maximum atomic E-state index is 13.4. The fourth-order valence-electron chi connectivity index (χ4n) is 4.96. The molecule has 4 heterocycles. The Hall–Kier alpha value is -3.25. The number of morpholine rings is 1. The number of ether oxygens (including phenoxy) is 1. The Morgan fingerprint density at radius 1 is 1.06 bits per heavy atom. The molecule has 34 heavy (non-hydrogen) atoms. The first-order valence-electron chi connectivity index (χ1n) is 12.2. The van der Waals surface area contributed by atoms with Crippen LogP contribution in [0, 0.1) is 6.92 Å². The number of hydrogen-bond acceptors (Lipinski definition) is 5. The zero-order chi connectivity index (χ0) is 23.3. The predicted molar refractivity (Wildman–Crippen MR) is 133 cm³/mol. The second-order valence-electron chi connectivity index (χ2n) is 9.31. The SMILES string of the molecule is Cc1cccc(Cc2cccc([C@@H]3CCCN(C(=O)c4ccnc(N5CCOCC5)c4)C3)n2)c1. The van der Waals surface area contributed by atoms with E-state index in [0.717, 1.165) is 56.1 Å². The van der Waals surface area contributed by atoms with Crippen molar-refractivity contribution in [1.29, 1.82) is 0 Å². The van der Waals surface area contributed by atoms with Gasteiger partial charge in [-0.05, 0) is 49.6 Å². The van der Waals surface area contributed by atoms with Gasteiger partial charge in [-0.1, -0.05) is 35.9 Å². The van der Waals surface area contributed by atoms with Gasteiger partial charge in [-0.15, -0.1) is 0 Å². The first kappa shape index (κ1) is 22.5. The quantitative estimate of drug-likeness (QED) is 0.575. The van der Waals surface area contributed by atoms with Gasteiger partial charge in [-0.25, -0.2) is 4.98 Å². The Balaban J connectivity index is 1.28. The third-order valence-corrected chi connectivity index (χ3v) is 6.75. The number of benzene rings is 1. The minimum Gasteiger partial charge on any atom is -0.378 e. The molecule has 5 rings (SSSR count). The largest absolute Gasteiger partial charge is 0.378 e. The van der Waals surface area contributed by atoms with Crippen molar-refractivity contribution in [2.24, 2.45) is 0 Å². The number of aryl methyl sites for hydroxylation is 1. The van der Waals surface area contributed by atoms with E-state index in [1.165, 1.54) is 11.1 Å². The Morgan fingerprint density at radius 2 is 1.91 bits per heavy atom. The summed E-state index contributed by atoms with van der Waals surface area (Å²) in [5.41, 5.74) is 5.42. The van der Waals surface area contributed by atoms with Gasteiger partial charge in [0.1, 0.15) is 5.82 Å². The van der Waals surface area contributed by atoms with Crippen LogP contribution in [-0.2, 0) is 11.2 Å². The molecule has 0 aliphatic carbocycles. The van der Waals surface area contributed by atoms with Crippen LogP contribution in [0.1, 0.15) is 51.6 Å². The normalized spacial score (nSPS) is 18.7. The van der Waals surface area contributed by atoms with E-state index in [0.29, 0.717) is 25.3 Å². The van der Waals surface area contributed by atoms with Gasteiger partial charge in [0.25, 0.3) is 5.91 Å². The number of nitrogens with zero attached hydrogens (tertiary/aromatic N) is 4. The van der Waals surface area contributed by atoms with Gasteiger partial charge >= 0.3 is 0 Å². The summed E-state index contributed by atoms with van der Waals surface area (Å²) in [6, 6.07) is 18.7. The van der Waals surface area contributed by atoms with Crippen molar-refractivity contribution in [2.75, 3.05) is 44.3 Å². The van der Waals surface area contributed by atoms with Crippen molar-refractivity contribution in [3.8, 4) is 0 Å². The molecule has 0 radical (unpaired) electrons. The molecule has 6 heteroatoms. The highest BCUT2D eigenvalue weighted by molar-refractivity contribution is 5.95. The molecule has 0 unspecified atom stereocenters. The molecule has 2 saturated heterocycles. The summed E-state index contributed by atoms with van der Waals surface area (Å²) in [4.78, 5) is 27.0. The Kier molecular flexibility index (Phi) is 6.86. The molecule has 176 valence electrons. The minimum atomic E-state index is 0.0810. The highest BCUT2D eigenvalue weighted by Crippen LogP contribution is 2.27. The van der Waals surface area contributed by atoms with E-state index in [2.05, 4.69) is 59.3 Å². The number of rotatable bonds is 5. The Bertz CT molecular complexity index is 1140. The smallest absolute Gasteiger partial charge is 0.254 e. The predicted octanol–water partition coefficient (Wildman–Crippen LogP) is 4.23. The second-order valence-corrected chi connectivity index (χ2v) is 9.31. The average Bonchev–Trinajstić information content (AvgIpc) is 2.89. The van der Waals surface area contributed by atoms with Crippen molar-refractivity contribution >= 4 is 11.7 Å². The van der Waals surface area contributed by atoms with E-state index in [-0.39, 0.29) is 11.8 Å². The summed E-state index contributed by atoms with van der Waals surface area (Å²) in [5, 5.41) is 0. The fraction of sp³-hybridized carbons (Fsp3) is 0.393. The number of pyridine rings is 2. The number of carbonyl (C=O) groups is 1. The highest BCUT2D eigenvalue weighted by Gasteiger charge is 2.27. The summed E-state index contributed by atoms with van der Waals surface area (Å²) >= 11 is 0. The Morgan fingerprint density at radius 3 is 2.76 bits per heavy atom. The number of hydrogen-bond donors (Lipinski definition) is 0. The van der Waals surface area contributed by atoms with Crippen molar-refractivity contribution in [3.05, 3.63) is 88.9 Å². The molecule has 0 N–H and O–H groups in total. The van der Waals surface area contributed by atoms with Crippen LogP contribution in [-0.4, -0.2) is 60.2 Å². The summed E-state index contributed by atoms with van der Waals surface area (Å²) in [6.07, 6.45) is 4.61. The lowest BCUT2D eigenvalue weighted by atomic mass is 9.93. The average molecular weight is 457 g/mol. The molecule has 2 aliphatic rings. The molecular formula is C28H32N4O2. The van der Waals surface area contributed by atoms with Gasteiger partial charge in [0.2, 0.25) is 0 Å². The molecule has 0 saturated carbocycles. The van der Waals surface area contributed by atoms with Crippen LogP contribution in [0.3, 0.4) is 0 Å². The standard InChI is InChI=1S/C28H32N4O2/c1-21-5-2-6-22(17-21)18-25-8-3-9-26(30-25)24-7-4-12-32(20-24)28(33)23-10-11-29-27(19-23)31-13-15-34-16-14-31/h2-3,5-6,8-11,17,19,24H,4,7,12-16,18,20H2,1H3/t24-/m1/s1. The second kappa shape index (κ2) is 10.3. The maximum absolute atomic E-state index is 13.4. The molecule has 2 aromatic heterocycles. The van der Waals surface area contributed by atoms with Crippen molar-refractivity contribution in [3.63, 3.8) is 0 Å². The highest BCUT2D eigenvalue weighted by atomic mass is 16.5. The number of likely N-dealkylation sites (tertiary alicyclic amines) is 1. The van der Waals surface area contributed by atoms with Crippen LogP contribution in [0.5, 0.6) is 0 Å². The van der Waals surface area contributed by atoms with Crippen LogP contribution >= 0.6 is 0 Å². The molecule has 6 nitrogen and oxygen atoms in total. The van der Waals surface area contributed by atoms with E-state index >= 15 is 0 Å². The van der Waals surface area contributed by atoms with Crippen molar-refractivity contribution in [1.82, 2.24) is 14.9 Å². The number of aromatic nitrogens is 2. The molecule has 0 bridgehead atoms. The monoisotopic (exact) mass is 456 g/mol. The van der Waals surface area contributed by atoms with Crippen molar-refractivity contribution in [2.45, 2.75) is 32.1 Å². The lowest BCUT2D eigenvalue weighted by molar-refractivity contribution is 0.0705. The van der Waals surface area contributed by atoms with Crippen LogP contribution in [0.15, 0.2) is 60.8 Å². The van der Waals surface area contributed by atoms with Gasteiger partial charge in [0.15, 0.2) is 0 Å². The van der Waals surface area contributed by atoms with Crippen LogP contribution < -0.4 is 4.90 Å². The maximum Gasteiger partial charge on any atom is 0.254 e. The number of amides is 1. The number of carbonyl (C=O) groups excluding carboxylic acids is 1. The molecule has 2 aliphatic heterocycles. The van der Waals surface area contributed by atoms with E-state index in [9.17, 15) is 4.79 Å². The van der Waals surface area contributed by atoms with Gasteiger partial charge in [-0.3, -0.25) is 9.78 Å². The first-order valence-corrected chi connectivity index (χ1v) is 12.2. The number of anilines is 1. The van der Waals surface area contributed by atoms with Crippen LogP contribution in [0.4, 0.5) is 5.82 Å². The molecule has 1 aromatic carbocycles. The lowest BCUT2D eigenvalue weighted by Gasteiger charge is -2.33. The van der Waals surface area contributed by atoms with E-state index in [1.807, 2.05) is 17.0 Å². The van der Waals surface area contributed by atoms with E-state index in [4.69, 9.17) is 9.72 Å². The first-order chi connectivity index (χ1) is 16.7. The van der Waals surface area contributed by atoms with E-state index < -0.39 is 0 Å². The van der Waals surface area contributed by atoms with Gasteiger partial charge in [-0.2, -0.15) is 0 Å². The summed E-state index contributed by atoms with van der Waals surface area (Å²) in [6.45, 7) is 6.62. The summed E-state index contributed by atoms with van der Waals surface area (Å²) in [7, 11) is 0. The zero-order valence-corrected chi connectivity index (χ0v) is 19.8. The Labute approximate surface area is 201 Å². The third-order valence-electron chi connectivity index (χ3n) is 6.75. The minimum absolute atomic E-state index is 0.0810. The summed E-state index contributed by atoms with van der Waals surface area (Å²) in [5.74, 6) is 1.20. The van der Waals surface area contributed by atoms with Crippen LogP contribution in [0.2, 0.25) is 0 Å².